The summed E-state index contributed by atoms with van der Waals surface area (Å²) in [5, 5.41) is 3.84. The Labute approximate surface area is 159 Å². The maximum absolute atomic E-state index is 11.7. The van der Waals surface area contributed by atoms with Gasteiger partial charge >= 0.3 is 0 Å². The molecule has 1 N–H and O–H groups in total. The van der Waals surface area contributed by atoms with Gasteiger partial charge in [0.2, 0.25) is 11.8 Å². The highest BCUT2D eigenvalue weighted by molar-refractivity contribution is 5.99. The molecule has 142 valence electrons. The average molecular weight is 366 g/mol. The van der Waals surface area contributed by atoms with E-state index < -0.39 is 0 Å². The molecule has 3 heterocycles. The number of hydrogen-bond acceptors (Lipinski definition) is 4. The second-order valence-corrected chi connectivity index (χ2v) is 8.57. The van der Waals surface area contributed by atoms with Gasteiger partial charge in [0.1, 0.15) is 0 Å². The predicted octanol–water partition coefficient (Wildman–Crippen LogP) is 1.10. The Bertz CT molecular complexity index is 918. The van der Waals surface area contributed by atoms with Crippen LogP contribution in [0.2, 0.25) is 0 Å². The zero-order valence-electron chi connectivity index (χ0n) is 15.9. The Morgan fingerprint density at radius 2 is 1.93 bits per heavy atom. The van der Waals surface area contributed by atoms with Gasteiger partial charge in [0, 0.05) is 49.2 Å². The summed E-state index contributed by atoms with van der Waals surface area (Å²) in [6.07, 6.45) is 4.52. The summed E-state index contributed by atoms with van der Waals surface area (Å²) in [4.78, 5) is 27.9. The SMILES string of the molecule is CN1C[C@H](CN2CC(=O)NC(=O)C2)C[C@@H]2c3cccc4c3c(cn4C)C[C@H]21. The molecule has 0 saturated carbocycles. The topological polar surface area (TPSA) is 57.6 Å². The number of amides is 2. The zero-order chi connectivity index (χ0) is 18.7. The van der Waals surface area contributed by atoms with Gasteiger partial charge in [-0.05, 0) is 43.0 Å². The lowest BCUT2D eigenvalue weighted by atomic mass is 9.72. The fourth-order valence-corrected chi connectivity index (χ4v) is 5.65. The molecular formula is C21H26N4O2. The molecular weight excluding hydrogens is 340 g/mol. The summed E-state index contributed by atoms with van der Waals surface area (Å²) < 4.78 is 2.25. The van der Waals surface area contributed by atoms with Crippen LogP contribution in [0.4, 0.5) is 0 Å². The third-order valence-electron chi connectivity index (χ3n) is 6.65. The third-order valence-corrected chi connectivity index (χ3v) is 6.65. The second-order valence-electron chi connectivity index (χ2n) is 8.57. The van der Waals surface area contributed by atoms with Gasteiger partial charge in [-0.25, -0.2) is 0 Å². The highest BCUT2D eigenvalue weighted by atomic mass is 16.2. The first-order valence-corrected chi connectivity index (χ1v) is 9.81. The summed E-state index contributed by atoms with van der Waals surface area (Å²) in [6, 6.07) is 7.23. The van der Waals surface area contributed by atoms with Crippen LogP contribution in [0.3, 0.4) is 0 Å². The minimum absolute atomic E-state index is 0.176. The molecule has 0 spiro atoms. The van der Waals surface area contributed by atoms with Gasteiger partial charge < -0.3 is 9.47 Å². The molecule has 2 aliphatic heterocycles. The van der Waals surface area contributed by atoms with Crippen molar-refractivity contribution >= 4 is 22.7 Å². The minimum atomic E-state index is -0.176. The van der Waals surface area contributed by atoms with Crippen LogP contribution < -0.4 is 5.32 Å². The number of nitrogens with zero attached hydrogens (tertiary/aromatic N) is 3. The van der Waals surface area contributed by atoms with Gasteiger partial charge in [0.05, 0.1) is 13.1 Å². The Kier molecular flexibility index (Phi) is 3.88. The molecule has 27 heavy (non-hydrogen) atoms. The molecule has 2 fully saturated rings. The van der Waals surface area contributed by atoms with Crippen LogP contribution >= 0.6 is 0 Å². The summed E-state index contributed by atoms with van der Waals surface area (Å²) in [5.41, 5.74) is 4.26. The van der Waals surface area contributed by atoms with Crippen LogP contribution in [0.25, 0.3) is 10.9 Å². The lowest BCUT2D eigenvalue weighted by Crippen LogP contribution is -2.55. The first kappa shape index (κ1) is 17.0. The van der Waals surface area contributed by atoms with Gasteiger partial charge in [-0.1, -0.05) is 12.1 Å². The van der Waals surface area contributed by atoms with Crippen molar-refractivity contribution in [3.05, 3.63) is 35.5 Å². The summed E-state index contributed by atoms with van der Waals surface area (Å²) >= 11 is 0. The number of aryl methyl sites for hydroxylation is 1. The standard InChI is InChI=1S/C21H26N4O2/c1-23-8-13(9-25-11-19(26)22-20(27)12-25)6-16-15-4-3-5-17-21(15)14(7-18(16)23)10-24(17)2/h3-5,10,13,16,18H,6-9,11-12H2,1-2H3,(H,22,26,27)/t13-,16-,18-/m1/s1. The minimum Gasteiger partial charge on any atom is -0.350 e. The van der Waals surface area contributed by atoms with Crippen molar-refractivity contribution in [2.45, 2.75) is 24.8 Å². The number of carbonyl (C=O) groups is 2. The first-order valence-electron chi connectivity index (χ1n) is 9.81. The van der Waals surface area contributed by atoms with Gasteiger partial charge in [0.25, 0.3) is 0 Å². The summed E-state index contributed by atoms with van der Waals surface area (Å²) in [7, 11) is 4.36. The summed E-state index contributed by atoms with van der Waals surface area (Å²) in [5.74, 6) is 0.631. The van der Waals surface area contributed by atoms with E-state index in [9.17, 15) is 9.59 Å². The van der Waals surface area contributed by atoms with Crippen molar-refractivity contribution in [2.75, 3.05) is 33.2 Å². The molecule has 6 nitrogen and oxygen atoms in total. The molecule has 2 aromatic rings. The number of piperazine rings is 1. The molecule has 3 aliphatic rings. The Balaban J connectivity index is 1.43. The molecule has 6 heteroatoms. The maximum atomic E-state index is 11.7. The molecule has 1 aliphatic carbocycles. The number of nitrogens with one attached hydrogen (secondary N) is 1. The van der Waals surface area contributed by atoms with E-state index in [1.807, 2.05) is 4.90 Å². The number of imide groups is 1. The predicted molar refractivity (Wildman–Crippen MR) is 103 cm³/mol. The average Bonchev–Trinajstić information content (AvgIpc) is 2.92. The van der Waals surface area contributed by atoms with E-state index in [1.54, 1.807) is 0 Å². The van der Waals surface area contributed by atoms with Crippen LogP contribution in [0, 0.1) is 5.92 Å². The molecule has 2 amide bonds. The van der Waals surface area contributed by atoms with Gasteiger partial charge in [-0.15, -0.1) is 0 Å². The largest absolute Gasteiger partial charge is 0.350 e. The third kappa shape index (κ3) is 2.78. The lowest BCUT2D eigenvalue weighted by molar-refractivity contribution is -0.136. The number of likely N-dealkylation sites (tertiary alicyclic amines) is 1. The van der Waals surface area contributed by atoms with Crippen molar-refractivity contribution < 1.29 is 9.59 Å². The maximum Gasteiger partial charge on any atom is 0.240 e. The quantitative estimate of drug-likeness (QED) is 0.809. The monoisotopic (exact) mass is 366 g/mol. The van der Waals surface area contributed by atoms with Crippen molar-refractivity contribution in [1.82, 2.24) is 19.7 Å². The number of aromatic nitrogens is 1. The number of piperidine rings is 1. The van der Waals surface area contributed by atoms with Gasteiger partial charge in [-0.2, -0.15) is 0 Å². The fourth-order valence-electron chi connectivity index (χ4n) is 5.65. The molecule has 5 rings (SSSR count). The molecule has 0 radical (unpaired) electrons. The molecule has 2 saturated heterocycles. The van der Waals surface area contributed by atoms with E-state index in [0.717, 1.165) is 25.9 Å². The van der Waals surface area contributed by atoms with Gasteiger partial charge in [0.15, 0.2) is 0 Å². The van der Waals surface area contributed by atoms with Crippen molar-refractivity contribution in [2.24, 2.45) is 13.0 Å². The number of hydrogen-bond donors (Lipinski definition) is 1. The van der Waals surface area contributed by atoms with Crippen LogP contribution in [0.15, 0.2) is 24.4 Å². The van der Waals surface area contributed by atoms with Crippen molar-refractivity contribution in [3.63, 3.8) is 0 Å². The molecule has 1 aromatic carbocycles. The van der Waals surface area contributed by atoms with E-state index in [4.69, 9.17) is 0 Å². The Hall–Kier alpha value is -2.18. The van der Waals surface area contributed by atoms with Crippen molar-refractivity contribution in [3.8, 4) is 0 Å². The zero-order valence-corrected chi connectivity index (χ0v) is 15.9. The second kappa shape index (κ2) is 6.17. The fraction of sp³-hybridized carbons (Fsp3) is 0.524. The molecule has 0 bridgehead atoms. The van der Waals surface area contributed by atoms with Crippen LogP contribution in [0.1, 0.15) is 23.5 Å². The highest BCUT2D eigenvalue weighted by Crippen LogP contribution is 2.44. The van der Waals surface area contributed by atoms with Crippen LogP contribution in [-0.4, -0.2) is 65.4 Å². The highest BCUT2D eigenvalue weighted by Gasteiger charge is 2.40. The lowest BCUT2D eigenvalue weighted by Gasteiger charge is -2.46. The van der Waals surface area contributed by atoms with E-state index in [2.05, 4.69) is 53.3 Å². The molecule has 1 aromatic heterocycles. The molecule has 0 unspecified atom stereocenters. The van der Waals surface area contributed by atoms with Gasteiger partial charge in [-0.3, -0.25) is 19.8 Å². The smallest absolute Gasteiger partial charge is 0.240 e. The number of likely N-dealkylation sites (N-methyl/N-ethyl adjacent to an activating group) is 1. The normalized spacial score (nSPS) is 29.0. The van der Waals surface area contributed by atoms with Crippen LogP contribution in [0.5, 0.6) is 0 Å². The Morgan fingerprint density at radius 1 is 1.15 bits per heavy atom. The van der Waals surface area contributed by atoms with E-state index in [1.165, 1.54) is 22.0 Å². The number of benzene rings is 1. The Morgan fingerprint density at radius 3 is 2.70 bits per heavy atom. The van der Waals surface area contributed by atoms with Crippen molar-refractivity contribution in [1.29, 1.82) is 0 Å². The molecule has 3 atom stereocenters. The number of fused-ring (bicyclic) bond motifs is 2. The summed E-state index contributed by atoms with van der Waals surface area (Å²) in [6.45, 7) is 2.49. The number of carbonyl (C=O) groups excluding carboxylic acids is 2. The van der Waals surface area contributed by atoms with E-state index >= 15 is 0 Å². The first-order chi connectivity index (χ1) is 13.0. The van der Waals surface area contributed by atoms with Crippen LogP contribution in [-0.2, 0) is 23.1 Å². The van der Waals surface area contributed by atoms with E-state index in [0.29, 0.717) is 31.0 Å². The number of rotatable bonds is 2. The van der Waals surface area contributed by atoms with E-state index in [-0.39, 0.29) is 11.8 Å².